The van der Waals surface area contributed by atoms with Crippen molar-refractivity contribution in [2.24, 2.45) is 0 Å². The molecule has 124 valence electrons. The summed E-state index contributed by atoms with van der Waals surface area (Å²) < 4.78 is 5.21. The number of amides is 3. The molecule has 1 aromatic carbocycles. The quantitative estimate of drug-likeness (QED) is 0.866. The van der Waals surface area contributed by atoms with E-state index < -0.39 is 11.7 Å². The Morgan fingerprint density at radius 2 is 1.70 bits per heavy atom. The van der Waals surface area contributed by atoms with Crippen LogP contribution in [0.25, 0.3) is 0 Å². The molecule has 1 aromatic rings. The van der Waals surface area contributed by atoms with E-state index in [1.54, 1.807) is 45.0 Å². The normalized spacial score (nSPS) is 15.4. The molecular weight excluding hydrogens is 296 g/mol. The van der Waals surface area contributed by atoms with Crippen LogP contribution in [0.4, 0.5) is 4.79 Å². The van der Waals surface area contributed by atoms with Crippen LogP contribution >= 0.6 is 0 Å². The summed E-state index contributed by atoms with van der Waals surface area (Å²) in [6.45, 7) is 7.33. The number of ether oxygens (including phenoxy) is 1. The molecule has 23 heavy (non-hydrogen) atoms. The summed E-state index contributed by atoms with van der Waals surface area (Å²) in [5.74, 6) is -0.648. The average Bonchev–Trinajstić information content (AvgIpc) is 2.70. The largest absolute Gasteiger partial charge is 0.444 e. The first-order valence-electron chi connectivity index (χ1n) is 7.67. The van der Waals surface area contributed by atoms with Crippen molar-refractivity contribution in [1.29, 1.82) is 0 Å². The van der Waals surface area contributed by atoms with Gasteiger partial charge in [0.1, 0.15) is 5.60 Å². The summed E-state index contributed by atoms with van der Waals surface area (Å²) in [7, 11) is 0. The topological polar surface area (TPSA) is 75.7 Å². The van der Waals surface area contributed by atoms with E-state index in [4.69, 9.17) is 4.74 Å². The lowest BCUT2D eigenvalue weighted by atomic mass is 10.1. The number of fused-ring (bicyclic) bond motifs is 1. The molecule has 1 unspecified atom stereocenters. The summed E-state index contributed by atoms with van der Waals surface area (Å²) in [5, 5.41) is 2.71. The molecule has 0 saturated carbocycles. The zero-order valence-corrected chi connectivity index (χ0v) is 13.9. The summed E-state index contributed by atoms with van der Waals surface area (Å²) in [6.07, 6.45) is 0.0214. The lowest BCUT2D eigenvalue weighted by Crippen LogP contribution is -2.46. The number of alkyl carbamates (subject to hydrolysis) is 1. The number of rotatable bonds is 4. The molecule has 1 aliphatic heterocycles. The second kappa shape index (κ2) is 6.40. The highest BCUT2D eigenvalue weighted by Crippen LogP contribution is 2.22. The zero-order chi connectivity index (χ0) is 17.2. The molecule has 2 rings (SSSR count). The van der Waals surface area contributed by atoms with E-state index in [9.17, 15) is 14.4 Å². The second-order valence-electron chi connectivity index (χ2n) is 6.52. The van der Waals surface area contributed by atoms with E-state index in [2.05, 4.69) is 5.32 Å². The van der Waals surface area contributed by atoms with Gasteiger partial charge in [0.2, 0.25) is 0 Å². The van der Waals surface area contributed by atoms with Crippen molar-refractivity contribution < 1.29 is 19.1 Å². The fourth-order valence-corrected chi connectivity index (χ4v) is 2.38. The fraction of sp³-hybridized carbons (Fsp3) is 0.471. The second-order valence-corrected chi connectivity index (χ2v) is 6.52. The Bertz CT molecular complexity index is 599. The van der Waals surface area contributed by atoms with Crippen LogP contribution in [-0.2, 0) is 4.74 Å². The fourth-order valence-electron chi connectivity index (χ4n) is 2.38. The lowest BCUT2D eigenvalue weighted by Gasteiger charge is -2.25. The van der Waals surface area contributed by atoms with Gasteiger partial charge in [-0.15, -0.1) is 0 Å². The van der Waals surface area contributed by atoms with Crippen molar-refractivity contribution in [3.63, 3.8) is 0 Å². The van der Waals surface area contributed by atoms with Gasteiger partial charge < -0.3 is 10.1 Å². The molecule has 6 nitrogen and oxygen atoms in total. The minimum atomic E-state index is -0.599. The van der Waals surface area contributed by atoms with Gasteiger partial charge in [-0.25, -0.2) is 4.79 Å². The molecule has 3 amide bonds. The van der Waals surface area contributed by atoms with Crippen molar-refractivity contribution in [3.8, 4) is 0 Å². The van der Waals surface area contributed by atoms with Gasteiger partial charge in [0.05, 0.1) is 17.2 Å². The Kier molecular flexibility index (Phi) is 4.73. The molecule has 1 aliphatic rings. The number of imide groups is 1. The highest BCUT2D eigenvalue weighted by Gasteiger charge is 2.36. The highest BCUT2D eigenvalue weighted by atomic mass is 16.6. The number of nitrogens with one attached hydrogen (secondary N) is 1. The number of carbonyl (C=O) groups excluding carboxylic acids is 3. The van der Waals surface area contributed by atoms with E-state index in [0.717, 1.165) is 0 Å². The van der Waals surface area contributed by atoms with Crippen LogP contribution in [0.3, 0.4) is 0 Å². The molecule has 0 bridgehead atoms. The molecule has 0 aliphatic carbocycles. The first-order valence-corrected chi connectivity index (χ1v) is 7.67. The van der Waals surface area contributed by atoms with E-state index >= 15 is 0 Å². The van der Waals surface area contributed by atoms with Crippen LogP contribution in [0.1, 0.15) is 54.8 Å². The average molecular weight is 318 g/mol. The van der Waals surface area contributed by atoms with Gasteiger partial charge in [-0.1, -0.05) is 19.1 Å². The van der Waals surface area contributed by atoms with Crippen LogP contribution in [0, 0.1) is 0 Å². The van der Waals surface area contributed by atoms with Crippen molar-refractivity contribution in [2.45, 2.75) is 45.8 Å². The summed E-state index contributed by atoms with van der Waals surface area (Å²) in [6, 6.07) is 6.37. The highest BCUT2D eigenvalue weighted by molar-refractivity contribution is 6.21. The van der Waals surface area contributed by atoms with Gasteiger partial charge in [-0.2, -0.15) is 0 Å². The van der Waals surface area contributed by atoms with Gasteiger partial charge >= 0.3 is 6.09 Å². The van der Waals surface area contributed by atoms with Crippen LogP contribution < -0.4 is 5.32 Å². The van der Waals surface area contributed by atoms with Crippen molar-refractivity contribution in [3.05, 3.63) is 35.4 Å². The Labute approximate surface area is 135 Å². The number of benzene rings is 1. The Morgan fingerprint density at radius 3 is 2.13 bits per heavy atom. The Morgan fingerprint density at radius 1 is 1.17 bits per heavy atom. The predicted molar refractivity (Wildman–Crippen MR) is 85.3 cm³/mol. The van der Waals surface area contributed by atoms with Crippen LogP contribution in [0.2, 0.25) is 0 Å². The molecule has 0 aromatic heterocycles. The Hall–Kier alpha value is -2.37. The number of nitrogens with zero attached hydrogens (tertiary/aromatic N) is 1. The monoisotopic (exact) mass is 318 g/mol. The van der Waals surface area contributed by atoms with Gasteiger partial charge in [0.25, 0.3) is 11.8 Å². The van der Waals surface area contributed by atoms with Crippen molar-refractivity contribution in [1.82, 2.24) is 10.2 Å². The maximum Gasteiger partial charge on any atom is 0.407 e. The number of hydrogen-bond acceptors (Lipinski definition) is 4. The molecule has 0 spiro atoms. The lowest BCUT2D eigenvalue weighted by molar-refractivity contribution is 0.0466. The van der Waals surface area contributed by atoms with Crippen molar-refractivity contribution >= 4 is 17.9 Å². The maximum atomic E-state index is 12.3. The molecule has 0 saturated heterocycles. The third kappa shape index (κ3) is 3.88. The molecular formula is C17H22N2O4. The van der Waals surface area contributed by atoms with Gasteiger partial charge in [0.15, 0.2) is 0 Å². The molecule has 6 heteroatoms. The van der Waals surface area contributed by atoms with Crippen molar-refractivity contribution in [2.75, 3.05) is 6.54 Å². The molecule has 0 fully saturated rings. The summed E-state index contributed by atoms with van der Waals surface area (Å²) >= 11 is 0. The van der Waals surface area contributed by atoms with E-state index in [1.807, 2.05) is 6.92 Å². The van der Waals surface area contributed by atoms with Crippen LogP contribution in [0.5, 0.6) is 0 Å². The van der Waals surface area contributed by atoms with E-state index in [-0.39, 0.29) is 24.4 Å². The van der Waals surface area contributed by atoms with Gasteiger partial charge in [-0.3, -0.25) is 14.5 Å². The summed E-state index contributed by atoms with van der Waals surface area (Å²) in [4.78, 5) is 37.7. The molecule has 1 N–H and O–H groups in total. The smallest absolute Gasteiger partial charge is 0.407 e. The van der Waals surface area contributed by atoms with E-state index in [1.165, 1.54) is 4.90 Å². The number of carbonyl (C=O) groups is 3. The first kappa shape index (κ1) is 17.0. The van der Waals surface area contributed by atoms with Crippen LogP contribution in [0.15, 0.2) is 24.3 Å². The first-order chi connectivity index (χ1) is 10.7. The van der Waals surface area contributed by atoms with Gasteiger partial charge in [-0.05, 0) is 39.3 Å². The standard InChI is InChI=1S/C17H22N2O4/c1-5-11(18-16(22)23-17(2,3)4)10-19-14(20)12-8-6-7-9-13(12)15(19)21/h6-9,11H,5,10H2,1-4H3,(H,18,22). The van der Waals surface area contributed by atoms with Gasteiger partial charge in [0, 0.05) is 6.54 Å². The minimum Gasteiger partial charge on any atom is -0.444 e. The van der Waals surface area contributed by atoms with E-state index in [0.29, 0.717) is 17.5 Å². The molecule has 0 radical (unpaired) electrons. The Balaban J connectivity index is 2.05. The number of hydrogen-bond donors (Lipinski definition) is 1. The summed E-state index contributed by atoms with van der Waals surface area (Å²) in [5.41, 5.74) is 0.215. The SMILES string of the molecule is CCC(CN1C(=O)c2ccccc2C1=O)NC(=O)OC(C)(C)C. The molecule has 1 heterocycles. The maximum absolute atomic E-state index is 12.3. The predicted octanol–water partition coefficient (Wildman–Crippen LogP) is 2.59. The molecule has 1 atom stereocenters. The van der Waals surface area contributed by atoms with Crippen LogP contribution in [-0.4, -0.2) is 41.0 Å². The zero-order valence-electron chi connectivity index (χ0n) is 13.9. The third-order valence-electron chi connectivity index (χ3n) is 3.49. The minimum absolute atomic E-state index is 0.127. The third-order valence-corrected chi connectivity index (χ3v) is 3.49.